The van der Waals surface area contributed by atoms with E-state index in [1.807, 2.05) is 11.6 Å². The van der Waals surface area contributed by atoms with Crippen LogP contribution >= 0.6 is 11.3 Å². The van der Waals surface area contributed by atoms with Gasteiger partial charge in [-0.05, 0) is 51.4 Å². The highest BCUT2D eigenvalue weighted by Crippen LogP contribution is 2.26. The number of piperidine rings is 1. The van der Waals surface area contributed by atoms with Crippen molar-refractivity contribution in [3.05, 3.63) is 52.6 Å². The third kappa shape index (κ3) is 4.22. The number of rotatable bonds is 6. The summed E-state index contributed by atoms with van der Waals surface area (Å²) in [5.74, 6) is 0. The molecule has 0 amide bonds. The molecule has 0 saturated carbocycles. The zero-order valence-electron chi connectivity index (χ0n) is 16.1. The van der Waals surface area contributed by atoms with Gasteiger partial charge in [-0.2, -0.15) is 5.10 Å². The van der Waals surface area contributed by atoms with Crippen LogP contribution in [0.25, 0.3) is 11.3 Å². The van der Waals surface area contributed by atoms with Gasteiger partial charge < -0.3 is 9.80 Å². The summed E-state index contributed by atoms with van der Waals surface area (Å²) in [6.45, 7) is 5.45. The van der Waals surface area contributed by atoms with Gasteiger partial charge in [0.05, 0.1) is 16.9 Å². The van der Waals surface area contributed by atoms with Crippen LogP contribution in [-0.4, -0.2) is 52.8 Å². The molecule has 0 bridgehead atoms. The van der Waals surface area contributed by atoms with Gasteiger partial charge in [-0.1, -0.05) is 12.1 Å². The molecule has 1 aromatic carbocycles. The Morgan fingerprint density at radius 1 is 1.26 bits per heavy atom. The van der Waals surface area contributed by atoms with Gasteiger partial charge in [0.15, 0.2) is 0 Å². The lowest BCUT2D eigenvalue weighted by Crippen LogP contribution is -2.44. The molecule has 1 fully saturated rings. The molecule has 0 spiro atoms. The molecule has 6 heteroatoms. The zero-order chi connectivity index (χ0) is 18.6. The van der Waals surface area contributed by atoms with E-state index in [2.05, 4.69) is 63.2 Å². The van der Waals surface area contributed by atoms with Crippen LogP contribution in [0.4, 0.5) is 5.69 Å². The monoisotopic (exact) mass is 381 g/mol. The molecule has 1 aliphatic rings. The summed E-state index contributed by atoms with van der Waals surface area (Å²) in [4.78, 5) is 10.8. The van der Waals surface area contributed by atoms with Crippen molar-refractivity contribution < 1.29 is 0 Å². The van der Waals surface area contributed by atoms with Crippen molar-refractivity contribution in [3.8, 4) is 11.3 Å². The first-order valence-electron chi connectivity index (χ1n) is 9.64. The summed E-state index contributed by atoms with van der Waals surface area (Å²) in [5.41, 5.74) is 6.73. The number of likely N-dealkylation sites (N-methyl/N-ethyl adjacent to an activating group) is 1. The quantitative estimate of drug-likeness (QED) is 0.701. The Bertz CT molecular complexity index is 849. The minimum atomic E-state index is 0.672. The largest absolute Gasteiger partial charge is 0.371 e. The summed E-state index contributed by atoms with van der Waals surface area (Å²) in [6.07, 6.45) is 5.34. The number of nitrogens with zero attached hydrogens (tertiary/aromatic N) is 4. The smallest absolute Gasteiger partial charge is 0.0797 e. The number of thiazole rings is 1. The van der Waals surface area contributed by atoms with Gasteiger partial charge in [-0.15, -0.1) is 11.3 Å². The average molecular weight is 382 g/mol. The Kier molecular flexibility index (Phi) is 5.55. The van der Waals surface area contributed by atoms with Crippen LogP contribution in [0.2, 0.25) is 0 Å². The van der Waals surface area contributed by atoms with Crippen molar-refractivity contribution in [1.82, 2.24) is 20.1 Å². The fraction of sp³-hybridized carbons (Fsp3) is 0.429. The molecule has 0 unspecified atom stereocenters. The van der Waals surface area contributed by atoms with Gasteiger partial charge in [0, 0.05) is 48.0 Å². The highest BCUT2D eigenvalue weighted by atomic mass is 32.1. The maximum atomic E-state index is 4.36. The van der Waals surface area contributed by atoms with Crippen LogP contribution in [0, 0.1) is 6.92 Å². The van der Waals surface area contributed by atoms with Crippen LogP contribution < -0.4 is 4.90 Å². The predicted molar refractivity (Wildman–Crippen MR) is 112 cm³/mol. The van der Waals surface area contributed by atoms with Crippen molar-refractivity contribution in [3.63, 3.8) is 0 Å². The minimum absolute atomic E-state index is 0.672. The van der Waals surface area contributed by atoms with E-state index in [0.29, 0.717) is 6.04 Å². The number of hydrogen-bond acceptors (Lipinski definition) is 5. The molecule has 4 rings (SSSR count). The molecular weight excluding hydrogens is 354 g/mol. The van der Waals surface area contributed by atoms with E-state index in [-0.39, 0.29) is 0 Å². The van der Waals surface area contributed by atoms with Gasteiger partial charge in [-0.25, -0.2) is 4.98 Å². The molecule has 2 aromatic heterocycles. The van der Waals surface area contributed by atoms with E-state index in [4.69, 9.17) is 0 Å². The Labute approximate surface area is 165 Å². The first kappa shape index (κ1) is 18.2. The topological polar surface area (TPSA) is 48.1 Å². The number of nitrogens with one attached hydrogen (secondary N) is 1. The Hall–Kier alpha value is -2.18. The number of H-pyrrole nitrogens is 1. The second-order valence-electron chi connectivity index (χ2n) is 7.33. The predicted octanol–water partition coefficient (Wildman–Crippen LogP) is 3.98. The highest BCUT2D eigenvalue weighted by Gasteiger charge is 2.23. The average Bonchev–Trinajstić information content (AvgIpc) is 3.38. The van der Waals surface area contributed by atoms with E-state index in [0.717, 1.165) is 31.7 Å². The molecule has 142 valence electrons. The molecular formula is C21H27N5S. The molecule has 1 aliphatic heterocycles. The molecule has 5 nitrogen and oxygen atoms in total. The number of aromatic nitrogens is 3. The number of aryl methyl sites for hydroxylation is 1. The van der Waals surface area contributed by atoms with Crippen molar-refractivity contribution in [2.75, 3.05) is 31.6 Å². The van der Waals surface area contributed by atoms with Gasteiger partial charge in [0.1, 0.15) is 0 Å². The molecule has 1 N–H and O–H groups in total. The normalized spacial score (nSPS) is 15.6. The zero-order valence-corrected chi connectivity index (χ0v) is 16.9. The molecule has 27 heavy (non-hydrogen) atoms. The molecule has 3 heterocycles. The standard InChI is InChI=1S/C21H27N5S/c1-16-21(27-15-22-16)9-11-25(2)18-7-12-26(13-8-18)19-5-3-4-17(14-19)20-6-10-23-24-20/h3-6,10,14-15,18H,7-9,11-13H2,1-2H3,(H,23,24). The van der Waals surface area contributed by atoms with Gasteiger partial charge >= 0.3 is 0 Å². The van der Waals surface area contributed by atoms with Crippen LogP contribution in [-0.2, 0) is 6.42 Å². The summed E-state index contributed by atoms with van der Waals surface area (Å²) >= 11 is 1.78. The van der Waals surface area contributed by atoms with Gasteiger partial charge in [-0.3, -0.25) is 5.10 Å². The van der Waals surface area contributed by atoms with E-state index < -0.39 is 0 Å². The fourth-order valence-electron chi connectivity index (χ4n) is 3.88. The summed E-state index contributed by atoms with van der Waals surface area (Å²) in [6, 6.07) is 11.5. The summed E-state index contributed by atoms with van der Waals surface area (Å²) in [7, 11) is 2.27. The molecule has 0 radical (unpaired) electrons. The maximum absolute atomic E-state index is 4.36. The SMILES string of the molecule is Cc1ncsc1CCN(C)C1CCN(c2cccc(-c3ccn[nH]3)c2)CC1. The first-order valence-corrected chi connectivity index (χ1v) is 10.5. The van der Waals surface area contributed by atoms with Crippen molar-refractivity contribution in [2.45, 2.75) is 32.2 Å². The van der Waals surface area contributed by atoms with E-state index >= 15 is 0 Å². The van der Waals surface area contributed by atoms with Crippen molar-refractivity contribution >= 4 is 17.0 Å². The first-order chi connectivity index (χ1) is 13.2. The van der Waals surface area contributed by atoms with Crippen molar-refractivity contribution in [1.29, 1.82) is 0 Å². The van der Waals surface area contributed by atoms with Crippen molar-refractivity contribution in [2.24, 2.45) is 0 Å². The maximum Gasteiger partial charge on any atom is 0.0797 e. The van der Waals surface area contributed by atoms with Gasteiger partial charge in [0.25, 0.3) is 0 Å². The van der Waals surface area contributed by atoms with Gasteiger partial charge in [0.2, 0.25) is 0 Å². The lowest BCUT2D eigenvalue weighted by molar-refractivity contribution is 0.210. The number of benzene rings is 1. The van der Waals surface area contributed by atoms with Crippen LogP contribution in [0.1, 0.15) is 23.4 Å². The number of aromatic amines is 1. The fourth-order valence-corrected chi connectivity index (χ4v) is 4.65. The highest BCUT2D eigenvalue weighted by molar-refractivity contribution is 7.09. The van der Waals surface area contributed by atoms with Crippen LogP contribution in [0.5, 0.6) is 0 Å². The van der Waals surface area contributed by atoms with E-state index in [1.165, 1.54) is 34.7 Å². The number of hydrogen-bond donors (Lipinski definition) is 1. The van der Waals surface area contributed by atoms with Crippen LogP contribution in [0.3, 0.4) is 0 Å². The Balaban J connectivity index is 1.32. The molecule has 1 saturated heterocycles. The third-order valence-corrected chi connectivity index (χ3v) is 6.64. The Morgan fingerprint density at radius 3 is 2.81 bits per heavy atom. The van der Waals surface area contributed by atoms with Crippen LogP contribution in [0.15, 0.2) is 42.0 Å². The second kappa shape index (κ2) is 8.23. The lowest BCUT2D eigenvalue weighted by atomic mass is 10.0. The number of anilines is 1. The third-order valence-electron chi connectivity index (χ3n) is 5.65. The second-order valence-corrected chi connectivity index (χ2v) is 8.27. The molecule has 0 atom stereocenters. The Morgan fingerprint density at radius 2 is 2.11 bits per heavy atom. The van der Waals surface area contributed by atoms with E-state index in [9.17, 15) is 0 Å². The molecule has 3 aromatic rings. The minimum Gasteiger partial charge on any atom is -0.371 e. The molecule has 0 aliphatic carbocycles. The lowest BCUT2D eigenvalue weighted by Gasteiger charge is -2.38. The summed E-state index contributed by atoms with van der Waals surface area (Å²) in [5, 5.41) is 7.12. The summed E-state index contributed by atoms with van der Waals surface area (Å²) < 4.78 is 0. The van der Waals surface area contributed by atoms with E-state index in [1.54, 1.807) is 17.5 Å².